The predicted octanol–water partition coefficient (Wildman–Crippen LogP) is 0.0580. The normalized spacial score (nSPS) is 17.6. The third-order valence-electron chi connectivity index (χ3n) is 5.05. The van der Waals surface area contributed by atoms with Gasteiger partial charge in [0.2, 0.25) is 11.8 Å². The molecule has 0 spiro atoms. The van der Waals surface area contributed by atoms with Gasteiger partial charge in [-0.25, -0.2) is 0 Å². The number of benzene rings is 1. The molecule has 1 aromatic carbocycles. The fraction of sp³-hybridized carbons (Fsp3) is 0.550. The third-order valence-corrected chi connectivity index (χ3v) is 5.05. The van der Waals surface area contributed by atoms with E-state index in [2.05, 4.69) is 16.0 Å². The fourth-order valence-corrected chi connectivity index (χ4v) is 3.34. The number of aliphatic hydroxyl groups is 2. The average molecular weight is 405 g/mol. The number of amides is 2. The lowest BCUT2D eigenvalue weighted by Gasteiger charge is -2.27. The number of hydrogen-bond acceptors (Lipinski definition) is 6. The lowest BCUT2D eigenvalue weighted by Crippen LogP contribution is -2.55. The maximum atomic E-state index is 12.7. The van der Waals surface area contributed by atoms with Gasteiger partial charge >= 0.3 is 0 Å². The molecule has 0 heterocycles. The van der Waals surface area contributed by atoms with Crippen LogP contribution in [0.3, 0.4) is 0 Å². The SMILES string of the molecule is CC(NC(=O)C(Nc1cccc(C(=N)N)c1)C(O)CO)C(=O)NC1CCCCC1. The first kappa shape index (κ1) is 22.6. The summed E-state index contributed by atoms with van der Waals surface area (Å²) in [5, 5.41) is 35.3. The maximum absolute atomic E-state index is 12.7. The van der Waals surface area contributed by atoms with Gasteiger partial charge < -0.3 is 31.9 Å². The molecule has 1 aliphatic rings. The van der Waals surface area contributed by atoms with Crippen molar-refractivity contribution in [1.82, 2.24) is 10.6 Å². The summed E-state index contributed by atoms with van der Waals surface area (Å²) in [6, 6.07) is 4.65. The van der Waals surface area contributed by atoms with Crippen molar-refractivity contribution in [1.29, 1.82) is 5.41 Å². The average Bonchev–Trinajstić information content (AvgIpc) is 2.72. The first-order valence-electron chi connectivity index (χ1n) is 9.92. The summed E-state index contributed by atoms with van der Waals surface area (Å²) in [5.41, 5.74) is 6.38. The van der Waals surface area contributed by atoms with Crippen molar-refractivity contribution < 1.29 is 19.8 Å². The summed E-state index contributed by atoms with van der Waals surface area (Å²) < 4.78 is 0. The molecule has 0 bridgehead atoms. The van der Waals surface area contributed by atoms with Crippen molar-refractivity contribution in [3.05, 3.63) is 29.8 Å². The smallest absolute Gasteiger partial charge is 0.245 e. The first-order valence-corrected chi connectivity index (χ1v) is 9.92. The minimum atomic E-state index is -1.38. The number of amidine groups is 1. The van der Waals surface area contributed by atoms with Crippen LogP contribution in [0.25, 0.3) is 0 Å². The highest BCUT2D eigenvalue weighted by Gasteiger charge is 2.29. The third kappa shape index (κ3) is 6.72. The molecule has 0 saturated heterocycles. The van der Waals surface area contributed by atoms with Gasteiger partial charge in [0.05, 0.1) is 6.61 Å². The Morgan fingerprint density at radius 1 is 1.24 bits per heavy atom. The zero-order valence-electron chi connectivity index (χ0n) is 16.6. The minimum Gasteiger partial charge on any atom is -0.394 e. The molecule has 160 valence electrons. The molecular formula is C20H31N5O4. The van der Waals surface area contributed by atoms with Crippen molar-refractivity contribution in [2.45, 2.75) is 63.3 Å². The van der Waals surface area contributed by atoms with Gasteiger partial charge in [-0.2, -0.15) is 0 Å². The van der Waals surface area contributed by atoms with Gasteiger partial charge in [-0.15, -0.1) is 0 Å². The summed E-state index contributed by atoms with van der Waals surface area (Å²) in [5.74, 6) is -1.03. The van der Waals surface area contributed by atoms with E-state index in [-0.39, 0.29) is 17.8 Å². The highest BCUT2D eigenvalue weighted by molar-refractivity contribution is 5.96. The van der Waals surface area contributed by atoms with Crippen LogP contribution in [-0.2, 0) is 9.59 Å². The Morgan fingerprint density at radius 3 is 2.55 bits per heavy atom. The van der Waals surface area contributed by atoms with Gasteiger partial charge in [0, 0.05) is 17.3 Å². The summed E-state index contributed by atoms with van der Waals surface area (Å²) in [6.45, 7) is 0.939. The van der Waals surface area contributed by atoms with E-state index in [9.17, 15) is 19.8 Å². The molecule has 9 heteroatoms. The van der Waals surface area contributed by atoms with Crippen molar-refractivity contribution in [3.8, 4) is 0 Å². The van der Waals surface area contributed by atoms with Crippen LogP contribution in [0.5, 0.6) is 0 Å². The van der Waals surface area contributed by atoms with Crippen molar-refractivity contribution in [2.75, 3.05) is 11.9 Å². The number of rotatable bonds is 9. The highest BCUT2D eigenvalue weighted by atomic mass is 16.3. The minimum absolute atomic E-state index is 0.127. The van der Waals surface area contributed by atoms with E-state index < -0.39 is 30.7 Å². The largest absolute Gasteiger partial charge is 0.394 e. The molecule has 1 saturated carbocycles. The standard InChI is InChI=1S/C20H31N5O4/c1-12(19(28)25-14-7-3-2-4-8-14)23-20(29)17(16(27)11-26)24-15-9-5-6-13(10-15)18(21)22/h5-6,9-10,12,14,16-17,24,26-27H,2-4,7-8,11H2,1H3,(H3,21,22)(H,23,29)(H,25,28). The molecule has 0 aliphatic heterocycles. The molecule has 1 fully saturated rings. The topological polar surface area (TPSA) is 161 Å². The molecule has 29 heavy (non-hydrogen) atoms. The predicted molar refractivity (Wildman–Crippen MR) is 111 cm³/mol. The van der Waals surface area contributed by atoms with Crippen LogP contribution in [0.1, 0.15) is 44.6 Å². The maximum Gasteiger partial charge on any atom is 0.245 e. The van der Waals surface area contributed by atoms with Crippen LogP contribution in [0.4, 0.5) is 5.69 Å². The van der Waals surface area contributed by atoms with Crippen LogP contribution in [0.2, 0.25) is 0 Å². The van der Waals surface area contributed by atoms with Gasteiger partial charge in [-0.05, 0) is 31.9 Å². The summed E-state index contributed by atoms with van der Waals surface area (Å²) in [7, 11) is 0. The molecule has 9 nitrogen and oxygen atoms in total. The van der Waals surface area contributed by atoms with E-state index in [0.717, 1.165) is 25.7 Å². The molecule has 8 N–H and O–H groups in total. The van der Waals surface area contributed by atoms with Gasteiger partial charge in [0.15, 0.2) is 0 Å². The fourth-order valence-electron chi connectivity index (χ4n) is 3.34. The molecular weight excluding hydrogens is 374 g/mol. The zero-order valence-corrected chi connectivity index (χ0v) is 16.6. The molecule has 0 radical (unpaired) electrons. The number of carbonyl (C=O) groups excluding carboxylic acids is 2. The molecule has 1 aliphatic carbocycles. The van der Waals surface area contributed by atoms with Gasteiger partial charge in [0.1, 0.15) is 24.0 Å². The van der Waals surface area contributed by atoms with Crippen LogP contribution in [-0.4, -0.2) is 58.7 Å². The Bertz CT molecular complexity index is 721. The second-order valence-corrected chi connectivity index (χ2v) is 7.44. The van der Waals surface area contributed by atoms with E-state index in [1.54, 1.807) is 31.2 Å². The number of nitrogens with two attached hydrogens (primary N) is 1. The Labute approximate surface area is 170 Å². The van der Waals surface area contributed by atoms with E-state index in [1.165, 1.54) is 6.42 Å². The Morgan fingerprint density at radius 2 is 1.93 bits per heavy atom. The number of nitrogens with one attached hydrogen (secondary N) is 4. The second kappa shape index (κ2) is 10.8. The van der Waals surface area contributed by atoms with E-state index in [0.29, 0.717) is 11.3 Å². The molecule has 2 rings (SSSR count). The molecule has 3 unspecified atom stereocenters. The van der Waals surface area contributed by atoms with E-state index in [4.69, 9.17) is 11.1 Å². The number of anilines is 1. The number of aliphatic hydroxyl groups excluding tert-OH is 2. The van der Waals surface area contributed by atoms with Crippen molar-refractivity contribution in [3.63, 3.8) is 0 Å². The lowest BCUT2D eigenvalue weighted by molar-refractivity contribution is -0.131. The summed E-state index contributed by atoms with van der Waals surface area (Å²) >= 11 is 0. The van der Waals surface area contributed by atoms with Gasteiger partial charge in [-0.3, -0.25) is 15.0 Å². The van der Waals surface area contributed by atoms with Crippen molar-refractivity contribution in [2.24, 2.45) is 5.73 Å². The Balaban J connectivity index is 2.01. The highest BCUT2D eigenvalue weighted by Crippen LogP contribution is 2.17. The van der Waals surface area contributed by atoms with E-state index >= 15 is 0 Å². The van der Waals surface area contributed by atoms with Crippen LogP contribution >= 0.6 is 0 Å². The molecule has 0 aromatic heterocycles. The lowest BCUT2D eigenvalue weighted by atomic mass is 9.95. The summed E-state index contributed by atoms with van der Waals surface area (Å²) in [6.07, 6.45) is 3.83. The zero-order chi connectivity index (χ0) is 21.4. The van der Waals surface area contributed by atoms with Crippen LogP contribution in [0.15, 0.2) is 24.3 Å². The summed E-state index contributed by atoms with van der Waals surface area (Å²) in [4.78, 5) is 25.1. The monoisotopic (exact) mass is 405 g/mol. The molecule has 2 amide bonds. The second-order valence-electron chi connectivity index (χ2n) is 7.44. The van der Waals surface area contributed by atoms with Crippen LogP contribution in [0, 0.1) is 5.41 Å². The number of nitrogen functional groups attached to an aromatic ring is 1. The molecule has 3 atom stereocenters. The number of carbonyl (C=O) groups is 2. The van der Waals surface area contributed by atoms with Gasteiger partial charge in [0.25, 0.3) is 0 Å². The quantitative estimate of drug-likeness (QED) is 0.227. The number of hydrogen-bond donors (Lipinski definition) is 7. The first-order chi connectivity index (χ1) is 13.8. The van der Waals surface area contributed by atoms with Gasteiger partial charge in [-0.1, -0.05) is 31.4 Å². The Hall–Kier alpha value is -2.65. The van der Waals surface area contributed by atoms with Crippen LogP contribution < -0.4 is 21.7 Å². The molecule has 1 aromatic rings. The van der Waals surface area contributed by atoms with E-state index in [1.807, 2.05) is 0 Å². The van der Waals surface area contributed by atoms with Crippen molar-refractivity contribution >= 4 is 23.3 Å². The Kier molecular flexibility index (Phi) is 8.41.